The van der Waals surface area contributed by atoms with Crippen LogP contribution in [0, 0.1) is 0 Å². The van der Waals surface area contributed by atoms with Gasteiger partial charge in [0.15, 0.2) is 0 Å². The molecule has 0 amide bonds. The number of unbranched alkanes of at least 4 members (excludes halogenated alkanes) is 1. The van der Waals surface area contributed by atoms with Crippen molar-refractivity contribution in [3.63, 3.8) is 0 Å². The second kappa shape index (κ2) is 5.46. The van der Waals surface area contributed by atoms with E-state index in [1.165, 1.54) is 32.1 Å². The molecular formula is C11H22BNS. The molecule has 14 heavy (non-hydrogen) atoms. The van der Waals surface area contributed by atoms with Crippen LogP contribution in [0.15, 0.2) is 0 Å². The number of rotatable bonds is 7. The molecule has 0 aliphatic heterocycles. The topological polar surface area (TPSA) is 12.0 Å². The van der Waals surface area contributed by atoms with Crippen molar-refractivity contribution in [2.24, 2.45) is 0 Å². The Balaban J connectivity index is 2.27. The van der Waals surface area contributed by atoms with E-state index in [0.29, 0.717) is 6.04 Å². The molecule has 3 atom stereocenters. The van der Waals surface area contributed by atoms with Crippen molar-refractivity contribution in [1.29, 1.82) is 0 Å². The molecule has 1 nitrogen and oxygen atoms in total. The Morgan fingerprint density at radius 2 is 2.07 bits per heavy atom. The highest BCUT2D eigenvalue weighted by Gasteiger charge is 2.47. The van der Waals surface area contributed by atoms with Gasteiger partial charge in [-0.2, -0.15) is 12.6 Å². The third-order valence-corrected chi connectivity index (χ3v) is 3.63. The molecule has 0 aromatic rings. The molecule has 0 aromatic carbocycles. The Kier molecular flexibility index (Phi) is 4.85. The number of hydrogen-bond acceptors (Lipinski definition) is 2. The molecule has 1 N–H and O–H groups in total. The highest BCUT2D eigenvalue weighted by atomic mass is 32.1. The van der Waals surface area contributed by atoms with Crippen LogP contribution < -0.4 is 5.32 Å². The average molecular weight is 211 g/mol. The van der Waals surface area contributed by atoms with Gasteiger partial charge >= 0.3 is 0 Å². The molecule has 0 spiro atoms. The normalized spacial score (nSPS) is 32.9. The zero-order valence-corrected chi connectivity index (χ0v) is 10.3. The van der Waals surface area contributed by atoms with Crippen LogP contribution in [0.3, 0.4) is 0 Å². The maximum absolute atomic E-state index is 5.83. The lowest BCUT2D eigenvalue weighted by Crippen LogP contribution is -2.37. The second-order valence-electron chi connectivity index (χ2n) is 4.51. The first-order valence-electron chi connectivity index (χ1n) is 5.88. The van der Waals surface area contributed by atoms with E-state index in [1.807, 2.05) is 0 Å². The lowest BCUT2D eigenvalue weighted by molar-refractivity contribution is 0.421. The van der Waals surface area contributed by atoms with Crippen LogP contribution in [-0.2, 0) is 0 Å². The predicted octanol–water partition coefficient (Wildman–Crippen LogP) is 2.92. The van der Waals surface area contributed by atoms with E-state index in [2.05, 4.69) is 31.8 Å². The highest BCUT2D eigenvalue weighted by molar-refractivity contribution is 7.82. The minimum absolute atomic E-state index is 0.0480. The first-order valence-corrected chi connectivity index (χ1v) is 6.32. The summed E-state index contributed by atoms with van der Waals surface area (Å²) in [5, 5.41) is 3.59. The quantitative estimate of drug-likeness (QED) is 0.375. The van der Waals surface area contributed by atoms with Crippen LogP contribution in [0.2, 0.25) is 5.82 Å². The second-order valence-corrected chi connectivity index (χ2v) is 5.31. The van der Waals surface area contributed by atoms with Crippen LogP contribution in [0.25, 0.3) is 0 Å². The first kappa shape index (κ1) is 12.4. The van der Waals surface area contributed by atoms with E-state index >= 15 is 0 Å². The van der Waals surface area contributed by atoms with Crippen molar-refractivity contribution in [3.8, 4) is 0 Å². The zero-order valence-electron chi connectivity index (χ0n) is 9.42. The van der Waals surface area contributed by atoms with Crippen LogP contribution >= 0.6 is 12.6 Å². The van der Waals surface area contributed by atoms with Crippen LogP contribution in [0.1, 0.15) is 52.4 Å². The van der Waals surface area contributed by atoms with Crippen LogP contribution in [0.5, 0.6) is 0 Å². The fraction of sp³-hybridized carbons (Fsp3) is 1.00. The van der Waals surface area contributed by atoms with Gasteiger partial charge in [0, 0.05) is 6.04 Å². The van der Waals surface area contributed by atoms with Crippen molar-refractivity contribution >= 4 is 20.5 Å². The molecule has 1 aliphatic rings. The number of thiol groups is 1. The molecule has 0 bridgehead atoms. The van der Waals surface area contributed by atoms with Gasteiger partial charge in [-0.1, -0.05) is 33.1 Å². The SMILES string of the molecule is [B]C1CC1(S)NC(CCC)CCCC. The molecule has 1 aliphatic carbocycles. The molecular weight excluding hydrogens is 189 g/mol. The van der Waals surface area contributed by atoms with E-state index in [4.69, 9.17) is 7.85 Å². The molecule has 0 heterocycles. The fourth-order valence-electron chi connectivity index (χ4n) is 1.88. The van der Waals surface area contributed by atoms with E-state index in [0.717, 1.165) is 6.42 Å². The molecule has 0 saturated heterocycles. The van der Waals surface area contributed by atoms with Crippen LogP contribution in [-0.4, -0.2) is 18.8 Å². The van der Waals surface area contributed by atoms with Crippen LogP contribution in [0.4, 0.5) is 0 Å². The summed E-state index contributed by atoms with van der Waals surface area (Å²) >= 11 is 4.58. The number of nitrogens with one attached hydrogen (secondary N) is 1. The summed E-state index contributed by atoms with van der Waals surface area (Å²) in [6.45, 7) is 4.47. The minimum atomic E-state index is -0.0480. The maximum atomic E-state index is 5.83. The van der Waals surface area contributed by atoms with Crippen molar-refractivity contribution < 1.29 is 0 Å². The Labute approximate surface area is 95.2 Å². The van der Waals surface area contributed by atoms with Gasteiger partial charge in [0.05, 0.1) is 12.7 Å². The van der Waals surface area contributed by atoms with Crippen molar-refractivity contribution in [1.82, 2.24) is 5.32 Å². The summed E-state index contributed by atoms with van der Waals surface area (Å²) in [6, 6.07) is 0.617. The lowest BCUT2D eigenvalue weighted by Gasteiger charge is -2.23. The summed E-state index contributed by atoms with van der Waals surface area (Å²) in [6.07, 6.45) is 7.33. The van der Waals surface area contributed by atoms with Gasteiger partial charge in [0.25, 0.3) is 0 Å². The molecule has 0 aromatic heterocycles. The molecule has 2 radical (unpaired) electrons. The summed E-state index contributed by atoms with van der Waals surface area (Å²) < 4.78 is 0. The predicted molar refractivity (Wildman–Crippen MR) is 67.2 cm³/mol. The molecule has 1 fully saturated rings. The maximum Gasteiger partial charge on any atom is 0.0737 e. The van der Waals surface area contributed by atoms with E-state index in [1.54, 1.807) is 0 Å². The minimum Gasteiger partial charge on any atom is -0.301 e. The highest BCUT2D eigenvalue weighted by Crippen LogP contribution is 2.50. The summed E-state index contributed by atoms with van der Waals surface area (Å²) in [4.78, 5) is -0.0480. The Morgan fingerprint density at radius 1 is 1.43 bits per heavy atom. The average Bonchev–Trinajstić information content (AvgIpc) is 2.70. The van der Waals surface area contributed by atoms with Crippen molar-refractivity contribution in [2.45, 2.75) is 69.1 Å². The largest absolute Gasteiger partial charge is 0.301 e. The number of hydrogen-bond donors (Lipinski definition) is 2. The standard InChI is InChI=1S/C11H22BNS/c1-3-5-7-9(6-4-2)13-11(14)8-10(11)12/h9-10,13-14H,3-8H2,1-2H3. The smallest absolute Gasteiger partial charge is 0.0737 e. The van der Waals surface area contributed by atoms with Gasteiger partial charge in [0.2, 0.25) is 0 Å². The van der Waals surface area contributed by atoms with Gasteiger partial charge in [-0.25, -0.2) is 0 Å². The first-order chi connectivity index (χ1) is 6.62. The summed E-state index contributed by atoms with van der Waals surface area (Å²) in [5.74, 6) is 0.256. The molecule has 1 saturated carbocycles. The summed E-state index contributed by atoms with van der Waals surface area (Å²) in [7, 11) is 5.83. The Bertz CT molecular complexity index is 177. The van der Waals surface area contributed by atoms with Gasteiger partial charge in [-0.15, -0.1) is 0 Å². The van der Waals surface area contributed by atoms with Gasteiger partial charge in [-0.05, 0) is 25.1 Å². The zero-order chi connectivity index (χ0) is 10.6. The Hall–Kier alpha value is 0.375. The third-order valence-electron chi connectivity index (χ3n) is 2.98. The molecule has 3 heteroatoms. The van der Waals surface area contributed by atoms with Gasteiger partial charge in [0.1, 0.15) is 0 Å². The van der Waals surface area contributed by atoms with Crippen molar-refractivity contribution in [2.75, 3.05) is 0 Å². The van der Waals surface area contributed by atoms with Gasteiger partial charge < -0.3 is 5.32 Å². The fourth-order valence-corrected chi connectivity index (χ4v) is 2.26. The van der Waals surface area contributed by atoms with Crippen molar-refractivity contribution in [3.05, 3.63) is 0 Å². The summed E-state index contributed by atoms with van der Waals surface area (Å²) in [5.41, 5.74) is 0. The molecule has 80 valence electrons. The monoisotopic (exact) mass is 211 g/mol. The Morgan fingerprint density at radius 3 is 2.50 bits per heavy atom. The lowest BCUT2D eigenvalue weighted by atomic mass is 10.0. The van der Waals surface area contributed by atoms with E-state index < -0.39 is 0 Å². The third kappa shape index (κ3) is 3.50. The molecule has 1 rings (SSSR count). The van der Waals surface area contributed by atoms with Gasteiger partial charge in [-0.3, -0.25) is 0 Å². The molecule has 3 unspecified atom stereocenters. The van der Waals surface area contributed by atoms with E-state index in [-0.39, 0.29) is 10.7 Å². The van der Waals surface area contributed by atoms with E-state index in [9.17, 15) is 0 Å².